The molecule has 1 heterocycles. The summed E-state index contributed by atoms with van der Waals surface area (Å²) in [7, 11) is 1.33. The third kappa shape index (κ3) is 8.86. The Kier molecular flexibility index (Phi) is 12.5. The van der Waals surface area contributed by atoms with Gasteiger partial charge in [-0.15, -0.1) is 0 Å². The fraction of sp³-hybridized carbons (Fsp3) is 0.393. The van der Waals surface area contributed by atoms with Gasteiger partial charge in [0.2, 0.25) is 0 Å². The Morgan fingerprint density at radius 1 is 1.02 bits per heavy atom. The van der Waals surface area contributed by atoms with Crippen LogP contribution in [0.1, 0.15) is 66.3 Å². The van der Waals surface area contributed by atoms with Gasteiger partial charge in [-0.2, -0.15) is 5.10 Å². The maximum absolute atomic E-state index is 14.3. The second kappa shape index (κ2) is 14.9. The molecule has 0 aliphatic rings. The van der Waals surface area contributed by atoms with Gasteiger partial charge in [0.05, 0.1) is 17.9 Å². The molecule has 2 unspecified atom stereocenters. The number of aliphatic hydroxyl groups is 2. The van der Waals surface area contributed by atoms with Gasteiger partial charge in [0.1, 0.15) is 11.6 Å². The standard InChI is InChI=1S/C28H31F4N3O5.Na/c1-15(2)25-23(9-8-20(36)12-21(37)13-24(38)39)35(19-6-4-17(29)5-7-19)33-27(25)28(40)34(3)14-16-10-18(30)11-22(31)26(16)32;/h4-7,10-11,15,20-21,36-37H,8-9,12-14H2,1-3H3,(H,38,39);/q;+1/p-1. The molecule has 41 heavy (non-hydrogen) atoms. The zero-order valence-electron chi connectivity index (χ0n) is 23.2. The van der Waals surface area contributed by atoms with Crippen LogP contribution < -0.4 is 34.7 Å². The van der Waals surface area contributed by atoms with Crippen LogP contribution in [0.2, 0.25) is 0 Å². The van der Waals surface area contributed by atoms with Gasteiger partial charge in [-0.1, -0.05) is 13.8 Å². The van der Waals surface area contributed by atoms with Crippen molar-refractivity contribution in [2.75, 3.05) is 7.05 Å². The first kappa shape index (κ1) is 34.4. The summed E-state index contributed by atoms with van der Waals surface area (Å²) in [6.07, 6.45) is -3.07. The first-order chi connectivity index (χ1) is 18.8. The molecule has 2 N–H and O–H groups in total. The number of carbonyl (C=O) groups excluding carboxylic acids is 2. The fourth-order valence-electron chi connectivity index (χ4n) is 4.51. The number of rotatable bonds is 12. The zero-order valence-corrected chi connectivity index (χ0v) is 25.2. The van der Waals surface area contributed by atoms with Crippen molar-refractivity contribution >= 4 is 11.9 Å². The van der Waals surface area contributed by atoms with Crippen LogP contribution >= 0.6 is 0 Å². The van der Waals surface area contributed by atoms with Crippen molar-refractivity contribution in [2.24, 2.45) is 0 Å². The summed E-state index contributed by atoms with van der Waals surface area (Å²) in [5.74, 6) is -6.57. The number of aliphatic carboxylic acids is 1. The van der Waals surface area contributed by atoms with Gasteiger partial charge in [0.25, 0.3) is 5.91 Å². The monoisotopic (exact) mass is 587 g/mol. The minimum Gasteiger partial charge on any atom is -0.550 e. The van der Waals surface area contributed by atoms with Crippen molar-refractivity contribution in [3.63, 3.8) is 0 Å². The van der Waals surface area contributed by atoms with Crippen molar-refractivity contribution in [3.8, 4) is 5.69 Å². The first-order valence-electron chi connectivity index (χ1n) is 12.6. The molecular formula is C28H30F4N3NaO5. The summed E-state index contributed by atoms with van der Waals surface area (Å²) >= 11 is 0. The van der Waals surface area contributed by atoms with Gasteiger partial charge < -0.3 is 25.0 Å². The Bertz CT molecular complexity index is 1370. The molecule has 0 fully saturated rings. The molecule has 1 aromatic heterocycles. The normalized spacial score (nSPS) is 12.6. The van der Waals surface area contributed by atoms with Crippen molar-refractivity contribution in [3.05, 3.63) is 82.2 Å². The molecule has 0 aliphatic carbocycles. The Morgan fingerprint density at radius 3 is 2.24 bits per heavy atom. The molecule has 2 aromatic carbocycles. The third-order valence-corrected chi connectivity index (χ3v) is 6.36. The van der Waals surface area contributed by atoms with Crippen LogP contribution in [0, 0.1) is 23.3 Å². The number of hydrogen-bond donors (Lipinski definition) is 2. The summed E-state index contributed by atoms with van der Waals surface area (Å²) in [5, 5.41) is 35.5. The number of carbonyl (C=O) groups is 2. The van der Waals surface area contributed by atoms with E-state index < -0.39 is 60.3 Å². The molecule has 0 saturated heterocycles. The molecule has 13 heteroatoms. The average molecular weight is 588 g/mol. The molecule has 0 spiro atoms. The summed E-state index contributed by atoms with van der Waals surface area (Å²) in [5.41, 5.74) is 0.991. The average Bonchev–Trinajstić information content (AvgIpc) is 3.24. The van der Waals surface area contributed by atoms with E-state index in [2.05, 4.69) is 5.10 Å². The van der Waals surface area contributed by atoms with E-state index in [9.17, 15) is 42.5 Å². The molecule has 2 atom stereocenters. The van der Waals surface area contributed by atoms with Gasteiger partial charge in [-0.3, -0.25) is 4.79 Å². The number of aromatic nitrogens is 2. The van der Waals surface area contributed by atoms with Crippen LogP contribution in [0.3, 0.4) is 0 Å². The van der Waals surface area contributed by atoms with Gasteiger partial charge in [-0.05, 0) is 55.5 Å². The van der Waals surface area contributed by atoms with Gasteiger partial charge >= 0.3 is 29.6 Å². The summed E-state index contributed by atoms with van der Waals surface area (Å²) in [6.45, 7) is 3.15. The molecule has 0 saturated carbocycles. The van der Waals surface area contributed by atoms with E-state index in [4.69, 9.17) is 0 Å². The van der Waals surface area contributed by atoms with E-state index in [1.165, 1.54) is 36.0 Å². The summed E-state index contributed by atoms with van der Waals surface area (Å²) in [6, 6.07) is 6.49. The topological polar surface area (TPSA) is 119 Å². The predicted octanol–water partition coefficient (Wildman–Crippen LogP) is 0.0128. The van der Waals surface area contributed by atoms with E-state index in [0.29, 0.717) is 23.0 Å². The number of halogens is 4. The van der Waals surface area contributed by atoms with E-state index >= 15 is 0 Å². The molecule has 0 bridgehead atoms. The maximum Gasteiger partial charge on any atom is 1.00 e. The van der Waals surface area contributed by atoms with E-state index in [-0.39, 0.29) is 66.0 Å². The Hall–Kier alpha value is -2.77. The van der Waals surface area contributed by atoms with Crippen molar-refractivity contribution < 1.29 is 72.0 Å². The molecule has 3 rings (SSSR count). The molecule has 3 aromatic rings. The molecule has 8 nitrogen and oxygen atoms in total. The third-order valence-electron chi connectivity index (χ3n) is 6.36. The number of aliphatic hydroxyl groups excluding tert-OH is 2. The SMILES string of the molecule is CC(C)c1c(C(=O)N(C)Cc2cc(F)cc(F)c2F)nn(-c2ccc(F)cc2)c1CCC(O)CC(O)CC(=O)[O-].[Na+]. The Labute approximate surface area is 256 Å². The summed E-state index contributed by atoms with van der Waals surface area (Å²) < 4.78 is 56.7. The van der Waals surface area contributed by atoms with Crippen molar-refractivity contribution in [1.29, 1.82) is 0 Å². The molecule has 0 radical (unpaired) electrons. The summed E-state index contributed by atoms with van der Waals surface area (Å²) in [4.78, 5) is 25.3. The second-order valence-electron chi connectivity index (χ2n) is 9.93. The number of nitrogens with zero attached hydrogens (tertiary/aromatic N) is 3. The van der Waals surface area contributed by atoms with Crippen molar-refractivity contribution in [2.45, 2.75) is 64.2 Å². The van der Waals surface area contributed by atoms with Gasteiger partial charge in [-0.25, -0.2) is 22.2 Å². The smallest absolute Gasteiger partial charge is 0.550 e. The first-order valence-corrected chi connectivity index (χ1v) is 12.6. The quantitative estimate of drug-likeness (QED) is 0.175. The number of benzene rings is 2. The number of amides is 1. The number of carboxylic acid groups (broad SMARTS) is 1. The minimum absolute atomic E-state index is 0. The molecule has 216 valence electrons. The van der Waals surface area contributed by atoms with Crippen molar-refractivity contribution in [1.82, 2.24) is 14.7 Å². The van der Waals surface area contributed by atoms with E-state index in [1.807, 2.05) is 0 Å². The zero-order chi connectivity index (χ0) is 29.7. The predicted molar refractivity (Wildman–Crippen MR) is 134 cm³/mol. The van der Waals surface area contributed by atoms with Crippen LogP contribution in [0.15, 0.2) is 36.4 Å². The van der Waals surface area contributed by atoms with Crippen LogP contribution in [-0.4, -0.2) is 56.0 Å². The van der Waals surface area contributed by atoms with Crippen LogP contribution in [0.5, 0.6) is 0 Å². The largest absolute Gasteiger partial charge is 1.00 e. The Morgan fingerprint density at radius 2 is 1.66 bits per heavy atom. The second-order valence-corrected chi connectivity index (χ2v) is 9.93. The van der Waals surface area contributed by atoms with Crippen LogP contribution in [0.4, 0.5) is 17.6 Å². The molecular weight excluding hydrogens is 557 g/mol. The minimum atomic E-state index is -1.45. The maximum atomic E-state index is 14.3. The van der Waals surface area contributed by atoms with Gasteiger partial charge in [0.15, 0.2) is 17.3 Å². The fourth-order valence-corrected chi connectivity index (χ4v) is 4.51. The van der Waals surface area contributed by atoms with E-state index in [0.717, 1.165) is 11.0 Å². The number of hydrogen-bond acceptors (Lipinski definition) is 6. The molecule has 1 amide bonds. The Balaban J connectivity index is 0.00000588. The van der Waals surface area contributed by atoms with Gasteiger partial charge in [0, 0.05) is 48.9 Å². The van der Waals surface area contributed by atoms with Crippen LogP contribution in [0.25, 0.3) is 5.69 Å². The van der Waals surface area contributed by atoms with Crippen LogP contribution in [-0.2, 0) is 17.8 Å². The van der Waals surface area contributed by atoms with E-state index in [1.54, 1.807) is 13.8 Å². The number of carboxylic acids is 1. The molecule has 0 aliphatic heterocycles.